The van der Waals surface area contributed by atoms with Gasteiger partial charge in [0.15, 0.2) is 11.5 Å². The molecule has 1 aliphatic rings. The summed E-state index contributed by atoms with van der Waals surface area (Å²) in [6.45, 7) is 1.83. The number of Topliss-reactive ketones (excluding diaryl/α,β-unsaturated/α-hetero) is 1. The molecule has 0 aliphatic heterocycles. The molecule has 2 heterocycles. The molecule has 0 bridgehead atoms. The lowest BCUT2D eigenvalue weighted by Crippen LogP contribution is -2.37. The number of carboxylic acid groups (broad SMARTS) is 1. The number of carbonyl (C=O) groups is 3. The minimum atomic E-state index is -5.02. The van der Waals surface area contributed by atoms with Gasteiger partial charge in [0.05, 0.1) is 42.1 Å². The fraction of sp³-hybridized carbons (Fsp3) is 0.407. The molecule has 214 valence electrons. The average Bonchev–Trinajstić information content (AvgIpc) is 3.46. The van der Waals surface area contributed by atoms with Gasteiger partial charge in [0.25, 0.3) is 5.91 Å². The molecular weight excluding hydrogens is 541 g/mol. The summed E-state index contributed by atoms with van der Waals surface area (Å²) in [4.78, 5) is 38.8. The van der Waals surface area contributed by atoms with Crippen LogP contribution in [-0.4, -0.2) is 44.0 Å². The predicted octanol–water partition coefficient (Wildman–Crippen LogP) is 5.73. The summed E-state index contributed by atoms with van der Waals surface area (Å²) in [6, 6.07) is 1.63. The number of alkyl halides is 3. The number of aromatic nitrogens is 2. The van der Waals surface area contributed by atoms with Crippen LogP contribution >= 0.6 is 0 Å². The Balaban J connectivity index is 1.71. The van der Waals surface area contributed by atoms with E-state index in [-0.39, 0.29) is 42.6 Å². The van der Waals surface area contributed by atoms with Crippen molar-refractivity contribution in [2.75, 3.05) is 6.54 Å². The van der Waals surface area contributed by atoms with E-state index in [1.54, 1.807) is 6.92 Å². The third-order valence-corrected chi connectivity index (χ3v) is 7.04. The van der Waals surface area contributed by atoms with E-state index in [1.807, 2.05) is 0 Å². The number of hydrogen-bond acceptors (Lipinski definition) is 5. The lowest BCUT2D eigenvalue weighted by atomic mass is 9.86. The quantitative estimate of drug-likeness (QED) is 0.275. The summed E-state index contributed by atoms with van der Waals surface area (Å²) in [5.41, 5.74) is -1.65. The fourth-order valence-corrected chi connectivity index (χ4v) is 5.18. The highest BCUT2D eigenvalue weighted by molar-refractivity contribution is 6.03. The Bertz CT molecular complexity index is 1400. The molecule has 0 saturated heterocycles. The second kappa shape index (κ2) is 11.2. The van der Waals surface area contributed by atoms with E-state index in [0.717, 1.165) is 23.2 Å². The first-order valence-electron chi connectivity index (χ1n) is 12.5. The van der Waals surface area contributed by atoms with Crippen LogP contribution in [-0.2, 0) is 17.5 Å². The lowest BCUT2D eigenvalue weighted by Gasteiger charge is -2.28. The molecule has 1 aliphatic carbocycles. The molecule has 13 heteroatoms. The highest BCUT2D eigenvalue weighted by Gasteiger charge is 2.43. The Hall–Kier alpha value is -4.03. The van der Waals surface area contributed by atoms with Crippen molar-refractivity contribution < 1.29 is 45.9 Å². The molecule has 2 aromatic heterocycles. The Labute approximate surface area is 225 Å². The van der Waals surface area contributed by atoms with Crippen LogP contribution in [0.1, 0.15) is 75.0 Å². The van der Waals surface area contributed by atoms with Crippen molar-refractivity contribution in [2.45, 2.75) is 58.3 Å². The largest absolute Gasteiger partial charge is 0.481 e. The molecule has 1 saturated carbocycles. The monoisotopic (exact) mass is 567 g/mol. The van der Waals surface area contributed by atoms with Crippen molar-refractivity contribution in [2.24, 2.45) is 5.92 Å². The molecule has 1 N–H and O–H groups in total. The van der Waals surface area contributed by atoms with E-state index in [2.05, 4.69) is 5.10 Å². The average molecular weight is 568 g/mol. The molecule has 1 amide bonds. The second-order valence-corrected chi connectivity index (χ2v) is 9.90. The zero-order chi connectivity index (χ0) is 29.4. The number of ketones is 1. The number of carboxylic acids is 1. The van der Waals surface area contributed by atoms with Crippen LogP contribution in [0.15, 0.2) is 35.1 Å². The fourth-order valence-electron chi connectivity index (χ4n) is 5.18. The maximum atomic E-state index is 14.3. The zero-order valence-corrected chi connectivity index (χ0v) is 21.6. The van der Waals surface area contributed by atoms with E-state index in [0.29, 0.717) is 16.3 Å². The third kappa shape index (κ3) is 6.07. The number of aryl methyl sites for hydroxylation is 2. The minimum Gasteiger partial charge on any atom is -0.481 e. The number of benzene rings is 1. The zero-order valence-electron chi connectivity index (χ0n) is 21.6. The number of hydrogen-bond donors (Lipinski definition) is 1. The van der Waals surface area contributed by atoms with Gasteiger partial charge in [-0.1, -0.05) is 0 Å². The number of rotatable bonds is 8. The predicted molar refractivity (Wildman–Crippen MR) is 129 cm³/mol. The minimum absolute atomic E-state index is 0.0766. The highest BCUT2D eigenvalue weighted by Crippen LogP contribution is 2.39. The van der Waals surface area contributed by atoms with Crippen molar-refractivity contribution >= 4 is 17.7 Å². The summed E-state index contributed by atoms with van der Waals surface area (Å²) < 4.78 is 76.7. The number of furan rings is 1. The Morgan fingerprint density at radius 1 is 1.07 bits per heavy atom. The third-order valence-electron chi connectivity index (χ3n) is 7.04. The Kier molecular flexibility index (Phi) is 8.13. The standard InChI is InChI=1S/C27H26F5N3O5/c1-14-13-40-15(2)23(14)22(36)12-34(11-16-7-18(28)9-19(29)8-16)25(37)21-10-33-35(24(21)27(30,31)32)20-5-3-17(4-6-20)26(38)39/h7-10,13,17,20H,3-6,11-12H2,1-2H3,(H,38,39). The molecule has 8 nitrogen and oxygen atoms in total. The van der Waals surface area contributed by atoms with Crippen molar-refractivity contribution in [3.63, 3.8) is 0 Å². The molecule has 0 atom stereocenters. The molecule has 0 unspecified atom stereocenters. The van der Waals surface area contributed by atoms with Gasteiger partial charge >= 0.3 is 12.1 Å². The van der Waals surface area contributed by atoms with Gasteiger partial charge in [-0.25, -0.2) is 8.78 Å². The van der Waals surface area contributed by atoms with Crippen LogP contribution in [0, 0.1) is 31.4 Å². The van der Waals surface area contributed by atoms with Crippen molar-refractivity contribution in [3.05, 3.63) is 76.0 Å². The molecule has 4 rings (SSSR count). The number of nitrogens with zero attached hydrogens (tertiary/aromatic N) is 3. The summed E-state index contributed by atoms with van der Waals surface area (Å²) >= 11 is 0. The summed E-state index contributed by atoms with van der Waals surface area (Å²) in [6.07, 6.45) is -2.43. The SMILES string of the molecule is Cc1coc(C)c1C(=O)CN(Cc1cc(F)cc(F)c1)C(=O)c1cnn(C2CCC(C(=O)O)CC2)c1C(F)(F)F. The number of aliphatic carboxylic acids is 1. The maximum absolute atomic E-state index is 14.3. The number of carbonyl (C=O) groups excluding carboxylic acids is 2. The van der Waals surface area contributed by atoms with Gasteiger partial charge in [0, 0.05) is 12.6 Å². The maximum Gasteiger partial charge on any atom is 0.433 e. The van der Waals surface area contributed by atoms with E-state index in [4.69, 9.17) is 4.42 Å². The molecular formula is C27H26F5N3O5. The first-order chi connectivity index (χ1) is 18.8. The molecule has 1 aromatic carbocycles. The van der Waals surface area contributed by atoms with Gasteiger partial charge in [-0.05, 0) is 62.8 Å². The van der Waals surface area contributed by atoms with E-state index >= 15 is 0 Å². The van der Waals surface area contributed by atoms with Gasteiger partial charge < -0.3 is 14.4 Å². The van der Waals surface area contributed by atoms with Crippen LogP contribution in [0.2, 0.25) is 0 Å². The molecule has 1 fully saturated rings. The number of halogens is 5. The van der Waals surface area contributed by atoms with Crippen molar-refractivity contribution in [1.29, 1.82) is 0 Å². The van der Waals surface area contributed by atoms with E-state index in [1.165, 1.54) is 13.2 Å². The van der Waals surface area contributed by atoms with E-state index in [9.17, 15) is 41.4 Å². The summed E-state index contributed by atoms with van der Waals surface area (Å²) in [5.74, 6) is -5.23. The molecule has 3 aromatic rings. The molecule has 40 heavy (non-hydrogen) atoms. The van der Waals surface area contributed by atoms with Crippen LogP contribution in [0.3, 0.4) is 0 Å². The van der Waals surface area contributed by atoms with Gasteiger partial charge in [-0.2, -0.15) is 18.3 Å². The van der Waals surface area contributed by atoms with Crippen LogP contribution in [0.5, 0.6) is 0 Å². The van der Waals surface area contributed by atoms with Crippen molar-refractivity contribution in [1.82, 2.24) is 14.7 Å². The first kappa shape index (κ1) is 29.0. The van der Waals surface area contributed by atoms with Crippen LogP contribution in [0.25, 0.3) is 0 Å². The summed E-state index contributed by atoms with van der Waals surface area (Å²) in [7, 11) is 0. The van der Waals surface area contributed by atoms with Crippen LogP contribution < -0.4 is 0 Å². The number of amides is 1. The second-order valence-electron chi connectivity index (χ2n) is 9.90. The normalized spacial score (nSPS) is 17.6. The lowest BCUT2D eigenvalue weighted by molar-refractivity contribution is -0.147. The molecule has 0 radical (unpaired) electrons. The van der Waals surface area contributed by atoms with Gasteiger partial charge in [-0.3, -0.25) is 19.1 Å². The van der Waals surface area contributed by atoms with Gasteiger partial charge in [0.1, 0.15) is 17.4 Å². The summed E-state index contributed by atoms with van der Waals surface area (Å²) in [5, 5.41) is 13.1. The van der Waals surface area contributed by atoms with Gasteiger partial charge in [-0.15, -0.1) is 0 Å². The first-order valence-corrected chi connectivity index (χ1v) is 12.5. The Morgan fingerprint density at radius 2 is 1.70 bits per heavy atom. The van der Waals surface area contributed by atoms with Gasteiger partial charge in [0.2, 0.25) is 0 Å². The topological polar surface area (TPSA) is 106 Å². The Morgan fingerprint density at radius 3 is 2.23 bits per heavy atom. The molecule has 0 spiro atoms. The van der Waals surface area contributed by atoms with E-state index < -0.39 is 71.8 Å². The highest BCUT2D eigenvalue weighted by atomic mass is 19.4. The van der Waals surface area contributed by atoms with Crippen LogP contribution in [0.4, 0.5) is 22.0 Å². The smallest absolute Gasteiger partial charge is 0.433 e. The van der Waals surface area contributed by atoms with Crippen molar-refractivity contribution in [3.8, 4) is 0 Å².